The summed E-state index contributed by atoms with van der Waals surface area (Å²) in [5, 5.41) is 0. The molecule has 28 heavy (non-hydrogen) atoms. The Morgan fingerprint density at radius 3 is 2.07 bits per heavy atom. The van der Waals surface area contributed by atoms with Crippen molar-refractivity contribution in [1.29, 1.82) is 0 Å². The fourth-order valence-electron chi connectivity index (χ4n) is 4.65. The lowest BCUT2D eigenvalue weighted by molar-refractivity contribution is -0.142. The number of carbonyl (C=O) groups excluding carboxylic acids is 3. The van der Waals surface area contributed by atoms with E-state index in [1.165, 1.54) is 0 Å². The first-order valence-electron chi connectivity index (χ1n) is 10.5. The number of carbonyl (C=O) groups is 3. The number of anilines is 1. The second-order valence-corrected chi connectivity index (χ2v) is 8.37. The van der Waals surface area contributed by atoms with E-state index in [1.54, 1.807) is 4.90 Å². The van der Waals surface area contributed by atoms with E-state index in [0.29, 0.717) is 19.6 Å². The number of piperidine rings is 1. The lowest BCUT2D eigenvalue weighted by Gasteiger charge is -2.34. The summed E-state index contributed by atoms with van der Waals surface area (Å²) in [5.41, 5.74) is 2.01. The molecule has 3 aliphatic heterocycles. The molecule has 3 fully saturated rings. The van der Waals surface area contributed by atoms with Gasteiger partial charge in [0.15, 0.2) is 0 Å². The number of benzene rings is 1. The van der Waals surface area contributed by atoms with E-state index in [2.05, 4.69) is 0 Å². The van der Waals surface area contributed by atoms with Crippen molar-refractivity contribution < 1.29 is 14.4 Å². The van der Waals surface area contributed by atoms with Gasteiger partial charge in [0.05, 0.1) is 5.92 Å². The number of likely N-dealkylation sites (tertiary alicyclic amines) is 2. The maximum atomic E-state index is 13.0. The molecule has 6 nitrogen and oxygen atoms in total. The molecule has 3 aliphatic rings. The van der Waals surface area contributed by atoms with Gasteiger partial charge in [-0.05, 0) is 44.7 Å². The second kappa shape index (κ2) is 7.94. The van der Waals surface area contributed by atoms with Crippen LogP contribution in [-0.2, 0) is 14.4 Å². The Bertz CT molecular complexity index is 747. The summed E-state index contributed by atoms with van der Waals surface area (Å²) in [7, 11) is 0. The zero-order valence-electron chi connectivity index (χ0n) is 16.6. The summed E-state index contributed by atoms with van der Waals surface area (Å²) in [5.74, 6) is 0.124. The van der Waals surface area contributed by atoms with Crippen molar-refractivity contribution in [1.82, 2.24) is 9.80 Å². The number of amides is 3. The van der Waals surface area contributed by atoms with Crippen LogP contribution in [0.2, 0.25) is 0 Å². The highest BCUT2D eigenvalue weighted by Gasteiger charge is 2.39. The van der Waals surface area contributed by atoms with Gasteiger partial charge in [0.1, 0.15) is 0 Å². The van der Waals surface area contributed by atoms with Crippen molar-refractivity contribution in [2.45, 2.75) is 39.0 Å². The topological polar surface area (TPSA) is 60.9 Å². The standard InChI is InChI=1S/C22H29N3O3/c1-16-4-6-19(7-5-16)25-15-18(14-20(25)26)22(28)24-12-8-17(9-13-24)21(27)23-10-2-3-11-23/h4-7,17-18H,2-3,8-15H2,1H3/t18-/m1/s1. The maximum absolute atomic E-state index is 13.0. The minimum absolute atomic E-state index is 0.0151. The lowest BCUT2D eigenvalue weighted by Crippen LogP contribution is -2.46. The van der Waals surface area contributed by atoms with Crippen molar-refractivity contribution >= 4 is 23.4 Å². The minimum atomic E-state index is -0.278. The number of rotatable bonds is 3. The number of aryl methyl sites for hydroxylation is 1. The molecule has 0 radical (unpaired) electrons. The molecular formula is C22H29N3O3. The number of hydrogen-bond acceptors (Lipinski definition) is 3. The predicted molar refractivity (Wildman–Crippen MR) is 107 cm³/mol. The van der Waals surface area contributed by atoms with Crippen molar-refractivity contribution in [3.63, 3.8) is 0 Å². The van der Waals surface area contributed by atoms with Gasteiger partial charge < -0.3 is 14.7 Å². The SMILES string of the molecule is Cc1ccc(N2C[C@H](C(=O)N3CCC(C(=O)N4CCCC4)CC3)CC2=O)cc1. The first-order chi connectivity index (χ1) is 13.5. The van der Waals surface area contributed by atoms with Crippen LogP contribution in [0.4, 0.5) is 5.69 Å². The largest absolute Gasteiger partial charge is 0.342 e. The van der Waals surface area contributed by atoms with Gasteiger partial charge in [0, 0.05) is 50.7 Å². The van der Waals surface area contributed by atoms with Gasteiger partial charge in [-0.15, -0.1) is 0 Å². The molecule has 4 rings (SSSR count). The third kappa shape index (κ3) is 3.77. The van der Waals surface area contributed by atoms with Crippen LogP contribution in [-0.4, -0.2) is 60.2 Å². The predicted octanol–water partition coefficient (Wildman–Crippen LogP) is 2.21. The van der Waals surface area contributed by atoms with Crippen molar-refractivity contribution in [3.8, 4) is 0 Å². The Balaban J connectivity index is 1.32. The highest BCUT2D eigenvalue weighted by molar-refractivity contribution is 6.00. The minimum Gasteiger partial charge on any atom is -0.342 e. The van der Waals surface area contributed by atoms with Crippen LogP contribution in [0.25, 0.3) is 0 Å². The third-order valence-corrected chi connectivity index (χ3v) is 6.39. The van der Waals surface area contributed by atoms with Crippen LogP contribution in [0.3, 0.4) is 0 Å². The Morgan fingerprint density at radius 1 is 0.857 bits per heavy atom. The quantitative estimate of drug-likeness (QED) is 0.804. The molecule has 1 aromatic carbocycles. The highest BCUT2D eigenvalue weighted by atomic mass is 16.2. The van der Waals surface area contributed by atoms with E-state index in [4.69, 9.17) is 0 Å². The molecule has 3 saturated heterocycles. The molecule has 0 saturated carbocycles. The van der Waals surface area contributed by atoms with Crippen LogP contribution in [0.1, 0.15) is 37.7 Å². The highest BCUT2D eigenvalue weighted by Crippen LogP contribution is 2.29. The molecule has 0 N–H and O–H groups in total. The zero-order valence-corrected chi connectivity index (χ0v) is 16.6. The van der Waals surface area contributed by atoms with Crippen molar-refractivity contribution in [3.05, 3.63) is 29.8 Å². The first-order valence-corrected chi connectivity index (χ1v) is 10.5. The summed E-state index contributed by atoms with van der Waals surface area (Å²) in [6, 6.07) is 7.85. The molecule has 3 amide bonds. The maximum Gasteiger partial charge on any atom is 0.228 e. The molecule has 1 aromatic rings. The van der Waals surface area contributed by atoms with E-state index in [-0.39, 0.29) is 36.0 Å². The fraction of sp³-hybridized carbons (Fsp3) is 0.591. The molecule has 0 spiro atoms. The monoisotopic (exact) mass is 383 g/mol. The molecule has 6 heteroatoms. The van der Waals surface area contributed by atoms with Gasteiger partial charge in [-0.1, -0.05) is 17.7 Å². The number of hydrogen-bond donors (Lipinski definition) is 0. The number of nitrogens with zero attached hydrogens (tertiary/aromatic N) is 3. The fourth-order valence-corrected chi connectivity index (χ4v) is 4.65. The molecule has 0 aromatic heterocycles. The summed E-state index contributed by atoms with van der Waals surface area (Å²) < 4.78 is 0. The Hall–Kier alpha value is -2.37. The van der Waals surface area contributed by atoms with E-state index in [0.717, 1.165) is 50.0 Å². The van der Waals surface area contributed by atoms with Gasteiger partial charge in [-0.25, -0.2) is 0 Å². The van der Waals surface area contributed by atoms with Gasteiger partial charge in [0.25, 0.3) is 0 Å². The molecule has 0 bridgehead atoms. The Morgan fingerprint density at radius 2 is 1.43 bits per heavy atom. The van der Waals surface area contributed by atoms with Crippen LogP contribution < -0.4 is 4.90 Å². The van der Waals surface area contributed by atoms with Crippen LogP contribution >= 0.6 is 0 Å². The molecule has 0 unspecified atom stereocenters. The van der Waals surface area contributed by atoms with Crippen LogP contribution in [0.5, 0.6) is 0 Å². The Labute approximate surface area is 166 Å². The van der Waals surface area contributed by atoms with Crippen molar-refractivity contribution in [2.24, 2.45) is 11.8 Å². The lowest BCUT2D eigenvalue weighted by atomic mass is 9.94. The molecule has 0 aliphatic carbocycles. The molecular weight excluding hydrogens is 354 g/mol. The van der Waals surface area contributed by atoms with E-state index in [1.807, 2.05) is 41.0 Å². The summed E-state index contributed by atoms with van der Waals surface area (Å²) in [6.45, 7) is 5.48. The molecule has 3 heterocycles. The van der Waals surface area contributed by atoms with Gasteiger partial charge in [-0.2, -0.15) is 0 Å². The van der Waals surface area contributed by atoms with E-state index in [9.17, 15) is 14.4 Å². The van der Waals surface area contributed by atoms with Crippen LogP contribution in [0, 0.1) is 18.8 Å². The van der Waals surface area contributed by atoms with Gasteiger partial charge in [-0.3, -0.25) is 14.4 Å². The smallest absolute Gasteiger partial charge is 0.228 e. The Kier molecular flexibility index (Phi) is 5.38. The van der Waals surface area contributed by atoms with Crippen LogP contribution in [0.15, 0.2) is 24.3 Å². The third-order valence-electron chi connectivity index (χ3n) is 6.39. The molecule has 1 atom stereocenters. The van der Waals surface area contributed by atoms with Gasteiger partial charge in [0.2, 0.25) is 17.7 Å². The molecule has 150 valence electrons. The average Bonchev–Trinajstić information content (AvgIpc) is 3.38. The second-order valence-electron chi connectivity index (χ2n) is 8.37. The normalized spacial score (nSPS) is 23.5. The summed E-state index contributed by atoms with van der Waals surface area (Å²) >= 11 is 0. The average molecular weight is 383 g/mol. The zero-order chi connectivity index (χ0) is 19.7. The summed E-state index contributed by atoms with van der Waals surface area (Å²) in [6.07, 6.45) is 3.97. The van der Waals surface area contributed by atoms with Gasteiger partial charge >= 0.3 is 0 Å². The van der Waals surface area contributed by atoms with Crippen molar-refractivity contribution in [2.75, 3.05) is 37.6 Å². The van der Waals surface area contributed by atoms with E-state index >= 15 is 0 Å². The summed E-state index contributed by atoms with van der Waals surface area (Å²) in [4.78, 5) is 43.6. The first kappa shape index (κ1) is 19.0. The van der Waals surface area contributed by atoms with E-state index < -0.39 is 0 Å².